The highest BCUT2D eigenvalue weighted by Crippen LogP contribution is 2.39. The Labute approximate surface area is 148 Å². The summed E-state index contributed by atoms with van der Waals surface area (Å²) in [6, 6.07) is -0.320. The van der Waals surface area contributed by atoms with Gasteiger partial charge in [-0.3, -0.25) is 4.79 Å². The number of hydrogen-bond acceptors (Lipinski definition) is 3. The van der Waals surface area contributed by atoms with Gasteiger partial charge in [0.1, 0.15) is 0 Å². The molecule has 2 aliphatic rings. The van der Waals surface area contributed by atoms with Gasteiger partial charge in [-0.15, -0.1) is 0 Å². The zero-order valence-corrected chi connectivity index (χ0v) is 15.2. The summed E-state index contributed by atoms with van der Waals surface area (Å²) >= 11 is 0. The Bertz CT molecular complexity index is 501. The number of piperidine rings is 2. The quantitative estimate of drug-likeness (QED) is 0.709. The standard InChI is InChI=1S/C17H30N4O4/c1-13(2)10-18-15(23)19-11-14(22)20-8-5-17(6-9-20)4-3-7-21(12-17)16(24)25/h13H,3-12H2,1-2H3,(H,24,25)(H2,18,19,23). The van der Waals surface area contributed by atoms with Crippen molar-refractivity contribution in [3.8, 4) is 0 Å². The molecule has 0 aromatic heterocycles. The molecule has 2 heterocycles. The first-order valence-electron chi connectivity index (χ1n) is 9.09. The number of rotatable bonds is 4. The maximum absolute atomic E-state index is 12.3. The van der Waals surface area contributed by atoms with Crippen LogP contribution in [0.15, 0.2) is 0 Å². The molecule has 0 aliphatic carbocycles. The Hall–Kier alpha value is -1.99. The van der Waals surface area contributed by atoms with Gasteiger partial charge in [0.05, 0.1) is 6.54 Å². The fourth-order valence-corrected chi connectivity index (χ4v) is 3.64. The van der Waals surface area contributed by atoms with E-state index in [-0.39, 0.29) is 23.9 Å². The summed E-state index contributed by atoms with van der Waals surface area (Å²) in [6.07, 6.45) is 2.70. The largest absolute Gasteiger partial charge is 0.465 e. The van der Waals surface area contributed by atoms with E-state index in [1.54, 1.807) is 4.90 Å². The lowest BCUT2D eigenvalue weighted by atomic mass is 9.72. The van der Waals surface area contributed by atoms with Gasteiger partial charge in [0, 0.05) is 32.7 Å². The molecule has 0 saturated carbocycles. The summed E-state index contributed by atoms with van der Waals surface area (Å²) in [6.45, 7) is 7.01. The molecule has 8 nitrogen and oxygen atoms in total. The van der Waals surface area contributed by atoms with Crippen LogP contribution in [0.25, 0.3) is 0 Å². The van der Waals surface area contributed by atoms with Crippen LogP contribution in [0.4, 0.5) is 9.59 Å². The molecule has 0 bridgehead atoms. The van der Waals surface area contributed by atoms with E-state index < -0.39 is 6.09 Å². The number of hydrogen-bond donors (Lipinski definition) is 3. The number of carbonyl (C=O) groups is 3. The Balaban J connectivity index is 1.75. The van der Waals surface area contributed by atoms with Crippen molar-refractivity contribution in [2.75, 3.05) is 39.3 Å². The number of urea groups is 1. The van der Waals surface area contributed by atoms with Gasteiger partial charge in [-0.25, -0.2) is 9.59 Å². The predicted octanol–water partition coefficient (Wildman–Crippen LogP) is 1.32. The third-order valence-corrected chi connectivity index (χ3v) is 5.18. The fourth-order valence-electron chi connectivity index (χ4n) is 3.64. The van der Waals surface area contributed by atoms with Crippen LogP contribution in [0.3, 0.4) is 0 Å². The molecule has 0 unspecified atom stereocenters. The Morgan fingerprint density at radius 3 is 2.32 bits per heavy atom. The van der Waals surface area contributed by atoms with Crippen molar-refractivity contribution >= 4 is 18.0 Å². The lowest BCUT2D eigenvalue weighted by Crippen LogP contribution is -2.53. The van der Waals surface area contributed by atoms with Crippen molar-refractivity contribution in [1.29, 1.82) is 0 Å². The van der Waals surface area contributed by atoms with Crippen molar-refractivity contribution in [2.45, 2.75) is 39.5 Å². The normalized spacial score (nSPS) is 19.8. The second kappa shape index (κ2) is 8.40. The number of nitrogens with one attached hydrogen (secondary N) is 2. The van der Waals surface area contributed by atoms with Crippen molar-refractivity contribution in [3.05, 3.63) is 0 Å². The first-order chi connectivity index (χ1) is 11.8. The van der Waals surface area contributed by atoms with Crippen LogP contribution in [-0.4, -0.2) is 72.2 Å². The van der Waals surface area contributed by atoms with Crippen LogP contribution < -0.4 is 10.6 Å². The molecule has 2 rings (SSSR count). The molecule has 2 fully saturated rings. The van der Waals surface area contributed by atoms with Gasteiger partial charge in [-0.1, -0.05) is 13.8 Å². The molecule has 25 heavy (non-hydrogen) atoms. The monoisotopic (exact) mass is 354 g/mol. The van der Waals surface area contributed by atoms with Crippen molar-refractivity contribution in [3.63, 3.8) is 0 Å². The SMILES string of the molecule is CC(C)CNC(=O)NCC(=O)N1CCC2(CCCN(C(=O)O)C2)CC1. The Morgan fingerprint density at radius 2 is 1.72 bits per heavy atom. The summed E-state index contributed by atoms with van der Waals surface area (Å²) in [5.74, 6) is 0.279. The van der Waals surface area contributed by atoms with Crippen LogP contribution in [-0.2, 0) is 4.79 Å². The van der Waals surface area contributed by atoms with Crippen molar-refractivity contribution < 1.29 is 19.5 Å². The molecular formula is C17H30N4O4. The van der Waals surface area contributed by atoms with E-state index in [0.717, 1.165) is 25.7 Å². The summed E-state index contributed by atoms with van der Waals surface area (Å²) in [5, 5.41) is 14.5. The van der Waals surface area contributed by atoms with E-state index in [9.17, 15) is 19.5 Å². The molecule has 3 N–H and O–H groups in total. The molecular weight excluding hydrogens is 324 g/mol. The first kappa shape index (κ1) is 19.3. The number of carbonyl (C=O) groups excluding carboxylic acids is 2. The van der Waals surface area contributed by atoms with Crippen molar-refractivity contribution in [1.82, 2.24) is 20.4 Å². The Morgan fingerprint density at radius 1 is 1.04 bits per heavy atom. The molecule has 8 heteroatoms. The molecule has 2 saturated heterocycles. The second-order valence-electron chi connectivity index (χ2n) is 7.65. The van der Waals surface area contributed by atoms with Gasteiger partial charge in [0.15, 0.2) is 0 Å². The third-order valence-electron chi connectivity index (χ3n) is 5.18. The first-order valence-corrected chi connectivity index (χ1v) is 9.09. The van der Waals surface area contributed by atoms with Gasteiger partial charge < -0.3 is 25.5 Å². The molecule has 0 radical (unpaired) electrons. The second-order valence-corrected chi connectivity index (χ2v) is 7.65. The smallest absolute Gasteiger partial charge is 0.407 e. The average Bonchev–Trinajstić information content (AvgIpc) is 2.58. The van der Waals surface area contributed by atoms with Gasteiger partial charge in [-0.2, -0.15) is 0 Å². The van der Waals surface area contributed by atoms with Crippen LogP contribution in [0, 0.1) is 11.3 Å². The van der Waals surface area contributed by atoms with Gasteiger partial charge >= 0.3 is 12.1 Å². The minimum absolute atomic E-state index is 0.00181. The molecule has 142 valence electrons. The van der Waals surface area contributed by atoms with Crippen LogP contribution in [0.2, 0.25) is 0 Å². The summed E-state index contributed by atoms with van der Waals surface area (Å²) in [7, 11) is 0. The molecule has 2 aliphatic heterocycles. The van der Waals surface area contributed by atoms with Gasteiger partial charge in [0.2, 0.25) is 5.91 Å². The number of amides is 4. The number of likely N-dealkylation sites (tertiary alicyclic amines) is 2. The lowest BCUT2D eigenvalue weighted by molar-refractivity contribution is -0.133. The zero-order chi connectivity index (χ0) is 18.4. The van der Waals surface area contributed by atoms with E-state index >= 15 is 0 Å². The number of nitrogens with zero attached hydrogens (tertiary/aromatic N) is 2. The Kier molecular flexibility index (Phi) is 6.50. The van der Waals surface area contributed by atoms with Crippen LogP contribution >= 0.6 is 0 Å². The molecule has 4 amide bonds. The lowest BCUT2D eigenvalue weighted by Gasteiger charge is -2.47. The van der Waals surface area contributed by atoms with E-state index in [1.165, 1.54) is 4.90 Å². The minimum Gasteiger partial charge on any atom is -0.465 e. The summed E-state index contributed by atoms with van der Waals surface area (Å²) in [4.78, 5) is 38.4. The molecule has 0 aromatic rings. The highest BCUT2D eigenvalue weighted by molar-refractivity contribution is 5.84. The van der Waals surface area contributed by atoms with Gasteiger partial charge in [-0.05, 0) is 37.0 Å². The highest BCUT2D eigenvalue weighted by Gasteiger charge is 2.40. The molecule has 0 aromatic carbocycles. The predicted molar refractivity (Wildman–Crippen MR) is 93.3 cm³/mol. The summed E-state index contributed by atoms with van der Waals surface area (Å²) < 4.78 is 0. The van der Waals surface area contributed by atoms with E-state index in [1.807, 2.05) is 13.8 Å². The highest BCUT2D eigenvalue weighted by atomic mass is 16.4. The van der Waals surface area contributed by atoms with Crippen LogP contribution in [0.5, 0.6) is 0 Å². The fraction of sp³-hybridized carbons (Fsp3) is 0.824. The van der Waals surface area contributed by atoms with E-state index in [0.29, 0.717) is 38.6 Å². The van der Waals surface area contributed by atoms with Gasteiger partial charge in [0.25, 0.3) is 0 Å². The van der Waals surface area contributed by atoms with E-state index in [2.05, 4.69) is 10.6 Å². The average molecular weight is 354 g/mol. The van der Waals surface area contributed by atoms with E-state index in [4.69, 9.17) is 0 Å². The molecule has 0 atom stereocenters. The maximum Gasteiger partial charge on any atom is 0.407 e. The zero-order valence-electron chi connectivity index (χ0n) is 15.2. The third kappa shape index (κ3) is 5.51. The molecule has 1 spiro atoms. The topological polar surface area (TPSA) is 102 Å². The minimum atomic E-state index is -0.853. The number of carboxylic acid groups (broad SMARTS) is 1. The maximum atomic E-state index is 12.3. The van der Waals surface area contributed by atoms with Crippen LogP contribution in [0.1, 0.15) is 39.5 Å². The summed E-state index contributed by atoms with van der Waals surface area (Å²) in [5.41, 5.74) is 0.00941. The van der Waals surface area contributed by atoms with Crippen molar-refractivity contribution in [2.24, 2.45) is 11.3 Å².